The molecule has 0 amide bonds. The Kier molecular flexibility index (Phi) is 6.71. The molecule has 0 aliphatic heterocycles. The first-order chi connectivity index (χ1) is 13.0. The third kappa shape index (κ3) is 4.10. The van der Waals surface area contributed by atoms with Crippen molar-refractivity contribution in [2.75, 3.05) is 0 Å². The van der Waals surface area contributed by atoms with Gasteiger partial charge in [0.05, 0.1) is 0 Å². The number of halogens is 2. The predicted molar refractivity (Wildman–Crippen MR) is 122 cm³/mol. The van der Waals surface area contributed by atoms with Crippen molar-refractivity contribution in [3.63, 3.8) is 0 Å². The first kappa shape index (κ1) is 22.3. The second kappa shape index (κ2) is 8.41. The van der Waals surface area contributed by atoms with Gasteiger partial charge >= 0.3 is 187 Å². The fourth-order valence-corrected chi connectivity index (χ4v) is 10.2. The summed E-state index contributed by atoms with van der Waals surface area (Å²) >= 11 is -2.54. The van der Waals surface area contributed by atoms with Crippen LogP contribution in [0.5, 0.6) is 0 Å². The standard InChI is InChI=1S/C25H31.2ClH.Zr/c1-16(2)20-10-8-9-11-22(20)24-21(17(3)4)13-12-18-14-19(15-23(18)24)25(5,6)7;;;/h8-17H,1-7H3;2*1H;/q;;;+2/p-2. The number of hydrogen-bond acceptors (Lipinski definition) is 0. The van der Waals surface area contributed by atoms with Gasteiger partial charge in [0.1, 0.15) is 0 Å². The van der Waals surface area contributed by atoms with Crippen molar-refractivity contribution in [3.8, 4) is 11.1 Å². The van der Waals surface area contributed by atoms with E-state index in [-0.39, 0.29) is 9.04 Å². The summed E-state index contributed by atoms with van der Waals surface area (Å²) in [5.74, 6) is 0.929. The minimum absolute atomic E-state index is 0.0616. The zero-order valence-corrected chi connectivity index (χ0v) is 22.0. The monoisotopic (exact) mass is 491 g/mol. The molecule has 1 atom stereocenters. The number of rotatable bonds is 4. The van der Waals surface area contributed by atoms with Crippen molar-refractivity contribution in [1.82, 2.24) is 0 Å². The molecule has 0 bridgehead atoms. The topological polar surface area (TPSA) is 0 Å². The van der Waals surface area contributed by atoms with Gasteiger partial charge < -0.3 is 0 Å². The molecule has 0 saturated heterocycles. The van der Waals surface area contributed by atoms with E-state index < -0.39 is 19.4 Å². The number of hydrogen-bond donors (Lipinski definition) is 0. The van der Waals surface area contributed by atoms with E-state index in [1.165, 1.54) is 39.0 Å². The zero-order chi connectivity index (χ0) is 20.8. The molecule has 1 aliphatic carbocycles. The van der Waals surface area contributed by atoms with Crippen LogP contribution in [-0.4, -0.2) is 0 Å². The summed E-state index contributed by atoms with van der Waals surface area (Å²) in [6, 6.07) is 13.5. The van der Waals surface area contributed by atoms with Gasteiger partial charge in [-0.25, -0.2) is 0 Å². The van der Waals surface area contributed by atoms with Crippen molar-refractivity contribution >= 4 is 23.1 Å². The summed E-state index contributed by atoms with van der Waals surface area (Å²) in [7, 11) is 13.4. The second-order valence-electron chi connectivity index (χ2n) is 9.50. The van der Waals surface area contributed by atoms with Crippen molar-refractivity contribution in [2.24, 2.45) is 5.41 Å². The first-order valence-corrected chi connectivity index (χ1v) is 17.9. The third-order valence-corrected chi connectivity index (χ3v) is 11.0. The molecule has 1 unspecified atom stereocenters. The van der Waals surface area contributed by atoms with Gasteiger partial charge in [-0.2, -0.15) is 0 Å². The van der Waals surface area contributed by atoms with E-state index >= 15 is 0 Å². The van der Waals surface area contributed by atoms with E-state index in [0.717, 1.165) is 0 Å². The molecule has 0 heterocycles. The van der Waals surface area contributed by atoms with Crippen LogP contribution in [0.4, 0.5) is 0 Å². The second-order valence-corrected chi connectivity index (χ2v) is 18.3. The molecular weight excluding hydrogens is 462 g/mol. The Morgan fingerprint density at radius 1 is 0.857 bits per heavy atom. The fraction of sp³-hybridized carbons (Fsp3) is 0.440. The van der Waals surface area contributed by atoms with E-state index in [1.807, 2.05) is 0 Å². The Balaban J connectivity index is 2.38. The Labute approximate surface area is 186 Å². The summed E-state index contributed by atoms with van der Waals surface area (Å²) in [6.07, 6.45) is 2.42. The molecule has 2 aromatic carbocycles. The number of allylic oxidation sites excluding steroid dienone is 1. The van der Waals surface area contributed by atoms with Crippen molar-refractivity contribution in [1.29, 1.82) is 0 Å². The van der Waals surface area contributed by atoms with Crippen LogP contribution in [0.2, 0.25) is 0 Å². The molecular formula is C25H31Cl2Zr. The van der Waals surface area contributed by atoms with Crippen molar-refractivity contribution in [3.05, 3.63) is 64.2 Å². The van der Waals surface area contributed by atoms with E-state index in [0.29, 0.717) is 11.8 Å². The molecule has 3 heteroatoms. The fourth-order valence-electron chi connectivity index (χ4n) is 4.36. The van der Waals surface area contributed by atoms with Crippen LogP contribution < -0.4 is 0 Å². The quantitative estimate of drug-likeness (QED) is 0.399. The van der Waals surface area contributed by atoms with Gasteiger partial charge in [-0.1, -0.05) is 0 Å². The van der Waals surface area contributed by atoms with Crippen LogP contribution >= 0.6 is 17.0 Å². The molecule has 0 radical (unpaired) electrons. The summed E-state index contributed by atoms with van der Waals surface area (Å²) < 4.78 is 0.243. The van der Waals surface area contributed by atoms with Crippen LogP contribution in [0, 0.1) is 5.41 Å². The van der Waals surface area contributed by atoms with Gasteiger partial charge in [0.15, 0.2) is 0 Å². The molecule has 0 saturated carbocycles. The maximum atomic E-state index is 6.72. The third-order valence-electron chi connectivity index (χ3n) is 5.79. The maximum absolute atomic E-state index is 6.72. The summed E-state index contributed by atoms with van der Waals surface area (Å²) in [5, 5.41) is 0. The molecule has 3 rings (SSSR count). The van der Waals surface area contributed by atoms with Gasteiger partial charge in [-0.3, -0.25) is 0 Å². The van der Waals surface area contributed by atoms with E-state index in [4.69, 9.17) is 17.0 Å². The average molecular weight is 494 g/mol. The van der Waals surface area contributed by atoms with E-state index in [9.17, 15) is 0 Å². The Bertz CT molecular complexity index is 901. The van der Waals surface area contributed by atoms with Gasteiger partial charge in [-0.05, 0) is 0 Å². The summed E-state index contributed by atoms with van der Waals surface area (Å²) in [5.41, 5.74) is 9.74. The normalized spacial score (nSPS) is 16.5. The molecule has 1 aliphatic rings. The summed E-state index contributed by atoms with van der Waals surface area (Å²) in [6.45, 7) is 16.0. The van der Waals surface area contributed by atoms with Crippen LogP contribution in [0.15, 0.2) is 42.0 Å². The zero-order valence-electron chi connectivity index (χ0n) is 18.0. The van der Waals surface area contributed by atoms with E-state index in [2.05, 4.69) is 90.9 Å². The number of benzene rings is 2. The first-order valence-electron chi connectivity index (χ1n) is 10.2. The molecule has 0 aromatic heterocycles. The molecule has 0 spiro atoms. The van der Waals surface area contributed by atoms with Crippen LogP contribution in [0.3, 0.4) is 0 Å². The van der Waals surface area contributed by atoms with Crippen LogP contribution in [0.25, 0.3) is 17.2 Å². The van der Waals surface area contributed by atoms with E-state index in [1.54, 1.807) is 0 Å². The molecule has 0 fully saturated rings. The average Bonchev–Trinajstić information content (AvgIpc) is 3.00. The Morgan fingerprint density at radius 2 is 1.46 bits per heavy atom. The van der Waals surface area contributed by atoms with Gasteiger partial charge in [0, 0.05) is 0 Å². The van der Waals surface area contributed by atoms with Crippen molar-refractivity contribution < 1.29 is 19.4 Å². The molecule has 149 valence electrons. The van der Waals surface area contributed by atoms with Crippen LogP contribution in [0.1, 0.15) is 86.2 Å². The van der Waals surface area contributed by atoms with Gasteiger partial charge in [-0.15, -0.1) is 0 Å². The molecule has 2 aromatic rings. The van der Waals surface area contributed by atoms with Crippen molar-refractivity contribution in [2.45, 2.75) is 63.9 Å². The SMILES string of the molecule is CC(C)c1ccccc1-c1c(C(C)C)ccc2c1C=C(C(C)(C)C)[CH]2[Zr]([Cl])[Cl]. The molecule has 0 N–H and O–H groups in total. The summed E-state index contributed by atoms with van der Waals surface area (Å²) in [4.78, 5) is 0. The molecule has 28 heavy (non-hydrogen) atoms. The van der Waals surface area contributed by atoms with Gasteiger partial charge in [0.2, 0.25) is 0 Å². The predicted octanol–water partition coefficient (Wildman–Crippen LogP) is 9.01. The van der Waals surface area contributed by atoms with Gasteiger partial charge in [0.25, 0.3) is 0 Å². The van der Waals surface area contributed by atoms with Crippen LogP contribution in [-0.2, 0) is 19.4 Å². The Hall–Kier alpha value is -0.357. The Morgan fingerprint density at radius 3 is 2.00 bits per heavy atom. The molecule has 0 nitrogen and oxygen atoms in total. The minimum atomic E-state index is -2.54. The number of fused-ring (bicyclic) bond motifs is 1.